The molecule has 1 aromatic carbocycles. The second-order valence-electron chi connectivity index (χ2n) is 3.69. The molecule has 86 valence electrons. The van der Waals surface area contributed by atoms with Gasteiger partial charge < -0.3 is 10.8 Å². The molecule has 0 saturated heterocycles. The summed E-state index contributed by atoms with van der Waals surface area (Å²) in [5.41, 5.74) is 7.31. The Balaban J connectivity index is 2.34. The van der Waals surface area contributed by atoms with Gasteiger partial charge in [-0.25, -0.2) is 9.98 Å². The van der Waals surface area contributed by atoms with Crippen molar-refractivity contribution in [3.63, 3.8) is 0 Å². The Morgan fingerprint density at radius 1 is 1.35 bits per heavy atom. The van der Waals surface area contributed by atoms with E-state index in [1.807, 2.05) is 0 Å². The third kappa shape index (κ3) is 2.39. The van der Waals surface area contributed by atoms with E-state index < -0.39 is 0 Å². The average Bonchev–Trinajstić information content (AvgIpc) is 2.27. The number of amidine groups is 2. The lowest BCUT2D eigenvalue weighted by Gasteiger charge is -2.06. The van der Waals surface area contributed by atoms with Crippen LogP contribution in [0.25, 0.3) is 0 Å². The first-order chi connectivity index (χ1) is 8.06. The van der Waals surface area contributed by atoms with E-state index in [9.17, 15) is 5.11 Å². The van der Waals surface area contributed by atoms with Gasteiger partial charge in [-0.2, -0.15) is 0 Å². The molecule has 1 aliphatic heterocycles. The third-order valence-corrected chi connectivity index (χ3v) is 2.33. The summed E-state index contributed by atoms with van der Waals surface area (Å²) in [5, 5.41) is 17.0. The number of aromatic hydroxyl groups is 1. The lowest BCUT2D eigenvalue weighted by atomic mass is 10.2. The zero-order valence-corrected chi connectivity index (χ0v) is 9.31. The molecular formula is C12H12N4O. The minimum atomic E-state index is 0.0377. The Morgan fingerprint density at radius 3 is 2.76 bits per heavy atom. The van der Waals surface area contributed by atoms with Crippen molar-refractivity contribution >= 4 is 23.1 Å². The van der Waals surface area contributed by atoms with Crippen molar-refractivity contribution in [3.05, 3.63) is 35.9 Å². The molecule has 0 unspecified atom stereocenters. The molecule has 17 heavy (non-hydrogen) atoms. The van der Waals surface area contributed by atoms with Crippen molar-refractivity contribution in [3.8, 4) is 5.75 Å². The monoisotopic (exact) mass is 228 g/mol. The first-order valence-electron chi connectivity index (χ1n) is 5.06. The highest BCUT2D eigenvalue weighted by molar-refractivity contribution is 6.48. The van der Waals surface area contributed by atoms with E-state index in [0.29, 0.717) is 17.2 Å². The summed E-state index contributed by atoms with van der Waals surface area (Å²) in [6.07, 6.45) is 3.25. The van der Waals surface area contributed by atoms with Crippen LogP contribution < -0.4 is 5.73 Å². The number of nitrogens with one attached hydrogen (secondary N) is 1. The summed E-state index contributed by atoms with van der Waals surface area (Å²) in [5.74, 6) is 0.567. The number of hydrogen-bond acceptors (Lipinski definition) is 4. The van der Waals surface area contributed by atoms with Crippen molar-refractivity contribution in [1.29, 1.82) is 5.41 Å². The highest BCUT2D eigenvalue weighted by atomic mass is 16.3. The van der Waals surface area contributed by atoms with Crippen LogP contribution in [0.5, 0.6) is 5.75 Å². The molecule has 1 heterocycles. The molecule has 0 bridgehead atoms. The van der Waals surface area contributed by atoms with Crippen LogP contribution in [0.3, 0.4) is 0 Å². The lowest BCUT2D eigenvalue weighted by molar-refractivity contribution is 0.471. The summed E-state index contributed by atoms with van der Waals surface area (Å²) in [4.78, 5) is 8.08. The molecule has 0 aliphatic carbocycles. The molecule has 0 fully saturated rings. The number of nitrogens with zero attached hydrogens (tertiary/aromatic N) is 2. The zero-order valence-electron chi connectivity index (χ0n) is 9.31. The van der Waals surface area contributed by atoms with Crippen LogP contribution in [0.1, 0.15) is 5.56 Å². The van der Waals surface area contributed by atoms with E-state index in [2.05, 4.69) is 9.98 Å². The van der Waals surface area contributed by atoms with Crippen LogP contribution in [-0.2, 0) is 0 Å². The SMILES string of the molecule is Cc1cc(N=C2C=CC(N)=NC2=N)ccc1O. The molecule has 1 aromatic rings. The summed E-state index contributed by atoms with van der Waals surface area (Å²) in [6.45, 7) is 1.79. The maximum Gasteiger partial charge on any atom is 0.172 e. The highest BCUT2D eigenvalue weighted by Crippen LogP contribution is 2.22. The maximum absolute atomic E-state index is 9.39. The van der Waals surface area contributed by atoms with Gasteiger partial charge in [0.1, 0.15) is 17.3 Å². The van der Waals surface area contributed by atoms with Crippen molar-refractivity contribution in [2.45, 2.75) is 6.92 Å². The van der Waals surface area contributed by atoms with E-state index in [-0.39, 0.29) is 11.6 Å². The van der Waals surface area contributed by atoms with E-state index in [1.54, 1.807) is 37.3 Å². The number of phenols is 1. The molecule has 0 saturated carbocycles. The molecule has 0 amide bonds. The number of benzene rings is 1. The summed E-state index contributed by atoms with van der Waals surface area (Å²) >= 11 is 0. The molecule has 2 rings (SSSR count). The smallest absolute Gasteiger partial charge is 0.172 e. The first-order valence-corrected chi connectivity index (χ1v) is 5.06. The molecular weight excluding hydrogens is 216 g/mol. The van der Waals surface area contributed by atoms with Gasteiger partial charge in [0, 0.05) is 0 Å². The van der Waals surface area contributed by atoms with Crippen LogP contribution in [0.2, 0.25) is 0 Å². The van der Waals surface area contributed by atoms with Gasteiger partial charge in [0.2, 0.25) is 0 Å². The van der Waals surface area contributed by atoms with Crippen LogP contribution >= 0.6 is 0 Å². The number of phenolic OH excluding ortho intramolecular Hbond substituents is 1. The number of hydrogen-bond donors (Lipinski definition) is 3. The van der Waals surface area contributed by atoms with Gasteiger partial charge in [-0.1, -0.05) is 0 Å². The molecule has 5 heteroatoms. The van der Waals surface area contributed by atoms with Gasteiger partial charge in [0.15, 0.2) is 5.84 Å². The first kappa shape index (κ1) is 11.1. The molecule has 5 nitrogen and oxygen atoms in total. The Hall–Kier alpha value is -2.43. The molecule has 4 N–H and O–H groups in total. The topological polar surface area (TPSA) is 94.8 Å². The van der Waals surface area contributed by atoms with Crippen LogP contribution in [0.4, 0.5) is 5.69 Å². The summed E-state index contributed by atoms with van der Waals surface area (Å²) in [7, 11) is 0. The van der Waals surface area contributed by atoms with Gasteiger partial charge in [0.05, 0.1) is 5.69 Å². The van der Waals surface area contributed by atoms with Crippen LogP contribution in [-0.4, -0.2) is 22.5 Å². The van der Waals surface area contributed by atoms with Crippen molar-refractivity contribution in [1.82, 2.24) is 0 Å². The molecule has 0 aromatic heterocycles. The molecule has 0 spiro atoms. The van der Waals surface area contributed by atoms with Gasteiger partial charge in [-0.15, -0.1) is 0 Å². The number of nitrogens with two attached hydrogens (primary N) is 1. The quantitative estimate of drug-likeness (QED) is 0.681. The molecule has 0 atom stereocenters. The number of dihydropyridines is 1. The fraction of sp³-hybridized carbons (Fsp3) is 0.0833. The van der Waals surface area contributed by atoms with E-state index >= 15 is 0 Å². The summed E-state index contributed by atoms with van der Waals surface area (Å²) < 4.78 is 0. The number of aryl methyl sites for hydroxylation is 1. The number of rotatable bonds is 1. The largest absolute Gasteiger partial charge is 0.508 e. The van der Waals surface area contributed by atoms with E-state index in [0.717, 1.165) is 5.56 Å². The van der Waals surface area contributed by atoms with Crippen LogP contribution in [0, 0.1) is 12.3 Å². The van der Waals surface area contributed by atoms with Gasteiger partial charge >= 0.3 is 0 Å². The van der Waals surface area contributed by atoms with Crippen molar-refractivity contribution in [2.75, 3.05) is 0 Å². The third-order valence-electron chi connectivity index (χ3n) is 2.33. The fourth-order valence-corrected chi connectivity index (χ4v) is 1.41. The summed E-state index contributed by atoms with van der Waals surface area (Å²) in [6, 6.07) is 4.99. The van der Waals surface area contributed by atoms with Crippen LogP contribution in [0.15, 0.2) is 40.3 Å². The Bertz CT molecular complexity index is 570. The zero-order chi connectivity index (χ0) is 12.4. The normalized spacial score (nSPS) is 17.4. The number of aliphatic imine (C=N–C) groups is 2. The molecule has 1 aliphatic rings. The van der Waals surface area contributed by atoms with E-state index in [4.69, 9.17) is 11.1 Å². The Morgan fingerprint density at radius 2 is 2.12 bits per heavy atom. The second-order valence-corrected chi connectivity index (χ2v) is 3.69. The van der Waals surface area contributed by atoms with Crippen molar-refractivity contribution < 1.29 is 5.11 Å². The second kappa shape index (κ2) is 4.21. The highest BCUT2D eigenvalue weighted by Gasteiger charge is 2.08. The molecule has 0 radical (unpaired) electrons. The van der Waals surface area contributed by atoms with Gasteiger partial charge in [0.25, 0.3) is 0 Å². The Labute approximate surface area is 98.5 Å². The fourth-order valence-electron chi connectivity index (χ4n) is 1.41. The van der Waals surface area contributed by atoms with Gasteiger partial charge in [-0.05, 0) is 42.8 Å². The standard InChI is InChI=1S/C12H12N4O/c1-7-6-8(2-4-10(7)17)15-9-3-5-11(13)16-12(9)14/h2-6,17H,1H3,(H3,13,14,16). The maximum atomic E-state index is 9.39. The minimum absolute atomic E-state index is 0.0377. The van der Waals surface area contributed by atoms with Gasteiger partial charge in [-0.3, -0.25) is 5.41 Å². The van der Waals surface area contributed by atoms with E-state index in [1.165, 1.54) is 0 Å². The van der Waals surface area contributed by atoms with Crippen molar-refractivity contribution in [2.24, 2.45) is 15.7 Å². The predicted molar refractivity (Wildman–Crippen MR) is 68.4 cm³/mol. The predicted octanol–water partition coefficient (Wildman–Crippen LogP) is 1.68. The lowest BCUT2D eigenvalue weighted by Crippen LogP contribution is -2.20. The Kier molecular flexibility index (Phi) is 2.74. The minimum Gasteiger partial charge on any atom is -0.508 e. The average molecular weight is 228 g/mol.